The first-order valence-corrected chi connectivity index (χ1v) is 9.94. The van der Waals surface area contributed by atoms with Gasteiger partial charge in [0.05, 0.1) is 9.54 Å². The van der Waals surface area contributed by atoms with Gasteiger partial charge in [0.1, 0.15) is 9.84 Å². The molecule has 1 N–H and O–H groups in total. The van der Waals surface area contributed by atoms with Crippen molar-refractivity contribution in [2.45, 2.75) is 25.8 Å². The van der Waals surface area contributed by atoms with Crippen LogP contribution in [0, 0.1) is 0 Å². The van der Waals surface area contributed by atoms with Gasteiger partial charge in [0.2, 0.25) is 0 Å². The zero-order valence-electron chi connectivity index (χ0n) is 10.4. The summed E-state index contributed by atoms with van der Waals surface area (Å²) >= 11 is 8.61. The molecule has 0 bridgehead atoms. The second kappa shape index (κ2) is 7.38. The molecule has 1 aromatic heterocycles. The Morgan fingerprint density at radius 2 is 2.11 bits per heavy atom. The van der Waals surface area contributed by atoms with Crippen LogP contribution in [0.2, 0.25) is 0 Å². The Balaban J connectivity index is 2.58. The standard InChI is InChI=1S/C11H17Br2NO2S2/c1-3-18(15,16)6-4-5-9(14-2)10-7-8(12)11(13)17-10/h7,9,14H,3-6H2,1-2H3. The Hall–Kier alpha value is 0.570. The first kappa shape index (κ1) is 16.6. The lowest BCUT2D eigenvalue weighted by atomic mass is 10.1. The molecular formula is C11H17Br2NO2S2. The van der Waals surface area contributed by atoms with Crippen molar-refractivity contribution in [3.63, 3.8) is 0 Å². The fraction of sp³-hybridized carbons (Fsp3) is 0.636. The summed E-state index contributed by atoms with van der Waals surface area (Å²) in [5.74, 6) is 0.503. The minimum absolute atomic E-state index is 0.213. The van der Waals surface area contributed by atoms with Crippen LogP contribution in [-0.2, 0) is 9.84 Å². The van der Waals surface area contributed by atoms with Crippen molar-refractivity contribution >= 4 is 53.0 Å². The highest BCUT2D eigenvalue weighted by Crippen LogP contribution is 2.36. The molecule has 18 heavy (non-hydrogen) atoms. The zero-order chi connectivity index (χ0) is 13.8. The van der Waals surface area contributed by atoms with Crippen LogP contribution in [0.25, 0.3) is 0 Å². The van der Waals surface area contributed by atoms with E-state index < -0.39 is 9.84 Å². The lowest BCUT2D eigenvalue weighted by Gasteiger charge is -2.14. The summed E-state index contributed by atoms with van der Waals surface area (Å²) < 4.78 is 25.0. The van der Waals surface area contributed by atoms with Crippen molar-refractivity contribution in [1.82, 2.24) is 5.32 Å². The van der Waals surface area contributed by atoms with Gasteiger partial charge < -0.3 is 5.32 Å². The Bertz CT molecular complexity index is 466. The van der Waals surface area contributed by atoms with E-state index in [1.807, 2.05) is 7.05 Å². The third-order valence-electron chi connectivity index (χ3n) is 2.74. The molecule has 0 aliphatic carbocycles. The van der Waals surface area contributed by atoms with Crippen molar-refractivity contribution in [1.29, 1.82) is 0 Å². The molecule has 1 aromatic rings. The molecular weight excluding hydrogens is 402 g/mol. The number of rotatable bonds is 7. The van der Waals surface area contributed by atoms with Crippen molar-refractivity contribution < 1.29 is 8.42 Å². The molecule has 0 aromatic carbocycles. The maximum atomic E-state index is 11.4. The summed E-state index contributed by atoms with van der Waals surface area (Å²) in [6, 6.07) is 2.29. The Morgan fingerprint density at radius 1 is 1.44 bits per heavy atom. The highest BCUT2D eigenvalue weighted by Gasteiger charge is 2.15. The van der Waals surface area contributed by atoms with Crippen molar-refractivity contribution in [3.05, 3.63) is 19.2 Å². The molecule has 0 spiro atoms. The highest BCUT2D eigenvalue weighted by molar-refractivity contribution is 9.13. The van der Waals surface area contributed by atoms with E-state index in [1.165, 1.54) is 4.88 Å². The van der Waals surface area contributed by atoms with Gasteiger partial charge >= 0.3 is 0 Å². The van der Waals surface area contributed by atoms with Crippen LogP contribution < -0.4 is 5.32 Å². The van der Waals surface area contributed by atoms with E-state index in [4.69, 9.17) is 0 Å². The van der Waals surface area contributed by atoms with Gasteiger partial charge in [-0.15, -0.1) is 11.3 Å². The minimum atomic E-state index is -2.85. The molecule has 0 radical (unpaired) electrons. The second-order valence-electron chi connectivity index (χ2n) is 3.99. The molecule has 0 aliphatic rings. The van der Waals surface area contributed by atoms with E-state index in [-0.39, 0.29) is 17.5 Å². The summed E-state index contributed by atoms with van der Waals surface area (Å²) in [6.45, 7) is 1.69. The van der Waals surface area contributed by atoms with E-state index in [2.05, 4.69) is 43.2 Å². The van der Waals surface area contributed by atoms with Crippen molar-refractivity contribution in [3.8, 4) is 0 Å². The molecule has 0 saturated heterocycles. The molecule has 0 aliphatic heterocycles. The normalized spacial score (nSPS) is 13.8. The smallest absolute Gasteiger partial charge is 0.150 e. The summed E-state index contributed by atoms with van der Waals surface area (Å²) in [5.41, 5.74) is 0. The molecule has 104 valence electrons. The third-order valence-corrected chi connectivity index (χ3v) is 7.90. The fourth-order valence-corrected chi connectivity index (χ4v) is 4.75. The van der Waals surface area contributed by atoms with Crippen molar-refractivity contribution in [2.24, 2.45) is 0 Å². The number of thiophene rings is 1. The molecule has 3 nitrogen and oxygen atoms in total. The third kappa shape index (κ3) is 4.92. The predicted molar refractivity (Wildman–Crippen MR) is 85.1 cm³/mol. The van der Waals surface area contributed by atoms with Crippen LogP contribution in [0.1, 0.15) is 30.7 Å². The summed E-state index contributed by atoms with van der Waals surface area (Å²) in [5, 5.41) is 3.24. The first-order valence-electron chi connectivity index (χ1n) is 5.72. The number of hydrogen-bond acceptors (Lipinski definition) is 4. The highest BCUT2D eigenvalue weighted by atomic mass is 79.9. The monoisotopic (exact) mass is 417 g/mol. The van der Waals surface area contributed by atoms with E-state index in [9.17, 15) is 8.42 Å². The fourth-order valence-electron chi connectivity index (χ4n) is 1.62. The molecule has 0 saturated carbocycles. The van der Waals surface area contributed by atoms with Gasteiger partial charge in [-0.3, -0.25) is 0 Å². The number of halogens is 2. The molecule has 7 heteroatoms. The summed E-state index contributed by atoms with van der Waals surface area (Å²) in [7, 11) is -0.948. The van der Waals surface area contributed by atoms with Gasteiger partial charge in [0, 0.05) is 21.1 Å². The molecule has 0 amide bonds. The lowest BCUT2D eigenvalue weighted by molar-refractivity contribution is 0.542. The van der Waals surface area contributed by atoms with Gasteiger partial charge in [0.25, 0.3) is 0 Å². The average molecular weight is 419 g/mol. The summed E-state index contributed by atoms with van der Waals surface area (Å²) in [6.07, 6.45) is 1.52. The largest absolute Gasteiger partial charge is 0.312 e. The molecule has 1 unspecified atom stereocenters. The second-order valence-corrected chi connectivity index (χ2v) is 9.72. The molecule has 0 fully saturated rings. The van der Waals surface area contributed by atoms with Gasteiger partial charge in [-0.05, 0) is 57.8 Å². The lowest BCUT2D eigenvalue weighted by Crippen LogP contribution is -2.17. The maximum Gasteiger partial charge on any atom is 0.150 e. The van der Waals surface area contributed by atoms with Crippen LogP contribution in [0.15, 0.2) is 14.3 Å². The number of nitrogens with one attached hydrogen (secondary N) is 1. The number of hydrogen-bond donors (Lipinski definition) is 1. The topological polar surface area (TPSA) is 46.2 Å². The molecule has 1 rings (SSSR count). The Morgan fingerprint density at radius 3 is 2.56 bits per heavy atom. The predicted octanol–water partition coefficient (Wildman–Crippen LogP) is 3.75. The SMILES string of the molecule is CCS(=O)(=O)CCCC(NC)c1cc(Br)c(Br)s1. The Kier molecular flexibility index (Phi) is 6.81. The van der Waals surface area contributed by atoms with Gasteiger partial charge in [-0.1, -0.05) is 6.92 Å². The van der Waals surface area contributed by atoms with Crippen LogP contribution in [0.3, 0.4) is 0 Å². The average Bonchev–Trinajstić information content (AvgIpc) is 2.65. The van der Waals surface area contributed by atoms with Crippen LogP contribution in [0.4, 0.5) is 0 Å². The molecule has 1 heterocycles. The van der Waals surface area contributed by atoms with Gasteiger partial charge in [-0.2, -0.15) is 0 Å². The van der Waals surface area contributed by atoms with Gasteiger partial charge in [-0.25, -0.2) is 8.42 Å². The first-order chi connectivity index (χ1) is 8.39. The van der Waals surface area contributed by atoms with E-state index in [1.54, 1.807) is 18.3 Å². The van der Waals surface area contributed by atoms with E-state index in [0.717, 1.165) is 14.7 Å². The Labute approximate surface area is 130 Å². The molecule has 1 atom stereocenters. The van der Waals surface area contributed by atoms with E-state index >= 15 is 0 Å². The van der Waals surface area contributed by atoms with Crippen LogP contribution in [0.5, 0.6) is 0 Å². The maximum absolute atomic E-state index is 11.4. The van der Waals surface area contributed by atoms with Crippen molar-refractivity contribution in [2.75, 3.05) is 18.6 Å². The number of sulfone groups is 1. The van der Waals surface area contributed by atoms with Crippen LogP contribution >= 0.6 is 43.2 Å². The van der Waals surface area contributed by atoms with Gasteiger partial charge in [0.15, 0.2) is 0 Å². The minimum Gasteiger partial charge on any atom is -0.312 e. The van der Waals surface area contributed by atoms with E-state index in [0.29, 0.717) is 6.42 Å². The zero-order valence-corrected chi connectivity index (χ0v) is 15.2. The quantitative estimate of drug-likeness (QED) is 0.733. The van der Waals surface area contributed by atoms with Crippen LogP contribution in [-0.4, -0.2) is 27.0 Å². The summed E-state index contributed by atoms with van der Waals surface area (Å²) in [4.78, 5) is 1.21.